The zero-order valence-corrected chi connectivity index (χ0v) is 11.6. The topological polar surface area (TPSA) is 38.0 Å². The Kier molecular flexibility index (Phi) is 4.70. The van der Waals surface area contributed by atoms with E-state index in [2.05, 4.69) is 5.32 Å². The van der Waals surface area contributed by atoms with Crippen LogP contribution >= 0.6 is 0 Å². The molecule has 0 amide bonds. The summed E-state index contributed by atoms with van der Waals surface area (Å²) >= 11 is 0. The zero-order valence-electron chi connectivity index (χ0n) is 11.6. The molecule has 1 aromatic rings. The lowest BCUT2D eigenvalue weighted by Crippen LogP contribution is -2.38. The molecule has 1 fully saturated rings. The lowest BCUT2D eigenvalue weighted by atomic mass is 9.91. The highest BCUT2D eigenvalue weighted by Crippen LogP contribution is 2.30. The minimum Gasteiger partial charge on any atom is -0.328 e. The predicted octanol–water partition coefficient (Wildman–Crippen LogP) is 3.63. The maximum absolute atomic E-state index is 12.5. The third-order valence-electron chi connectivity index (χ3n) is 4.00. The Labute approximate surface area is 117 Å². The summed E-state index contributed by atoms with van der Waals surface area (Å²) in [6.07, 6.45) is -0.179. The third-order valence-corrected chi connectivity index (χ3v) is 4.00. The van der Waals surface area contributed by atoms with Gasteiger partial charge >= 0.3 is 6.18 Å². The summed E-state index contributed by atoms with van der Waals surface area (Å²) in [5, 5.41) is 3.48. The van der Waals surface area contributed by atoms with Gasteiger partial charge in [0, 0.05) is 18.1 Å². The summed E-state index contributed by atoms with van der Waals surface area (Å²) in [6, 6.07) is 6.15. The van der Waals surface area contributed by atoms with Gasteiger partial charge in [0.2, 0.25) is 0 Å². The average molecular weight is 286 g/mol. The first-order chi connectivity index (χ1) is 9.36. The van der Waals surface area contributed by atoms with Crippen LogP contribution in [0, 0.1) is 0 Å². The molecule has 1 saturated carbocycles. The fourth-order valence-corrected chi connectivity index (χ4v) is 2.70. The zero-order chi connectivity index (χ0) is 14.8. The van der Waals surface area contributed by atoms with Crippen molar-refractivity contribution in [2.75, 3.05) is 0 Å². The SMILES string of the molecule is CC(NC1CCC(N)CC1)c1ccc(C(F)(F)F)cc1. The molecule has 2 nitrogen and oxygen atoms in total. The largest absolute Gasteiger partial charge is 0.416 e. The van der Waals surface area contributed by atoms with E-state index in [0.29, 0.717) is 12.1 Å². The molecule has 0 aliphatic heterocycles. The molecular weight excluding hydrogens is 265 g/mol. The fourth-order valence-electron chi connectivity index (χ4n) is 2.70. The summed E-state index contributed by atoms with van der Waals surface area (Å²) in [5.41, 5.74) is 6.14. The van der Waals surface area contributed by atoms with Crippen molar-refractivity contribution in [3.8, 4) is 0 Å². The van der Waals surface area contributed by atoms with Gasteiger partial charge in [-0.1, -0.05) is 12.1 Å². The second kappa shape index (κ2) is 6.14. The van der Waals surface area contributed by atoms with Gasteiger partial charge in [0.05, 0.1) is 5.56 Å². The lowest BCUT2D eigenvalue weighted by molar-refractivity contribution is -0.137. The molecular formula is C15H21F3N2. The highest BCUT2D eigenvalue weighted by molar-refractivity contribution is 5.26. The first-order valence-corrected chi connectivity index (χ1v) is 7.05. The Balaban J connectivity index is 1.94. The standard InChI is InChI=1S/C15H21F3N2/c1-10(20-14-8-6-13(19)7-9-14)11-2-4-12(5-3-11)15(16,17)18/h2-5,10,13-14,20H,6-9,19H2,1H3. The van der Waals surface area contributed by atoms with E-state index < -0.39 is 11.7 Å². The van der Waals surface area contributed by atoms with E-state index in [1.54, 1.807) is 12.1 Å². The molecule has 0 spiro atoms. The maximum Gasteiger partial charge on any atom is 0.416 e. The summed E-state index contributed by atoms with van der Waals surface area (Å²) in [6.45, 7) is 1.98. The molecule has 112 valence electrons. The quantitative estimate of drug-likeness (QED) is 0.890. The summed E-state index contributed by atoms with van der Waals surface area (Å²) < 4.78 is 37.5. The third kappa shape index (κ3) is 3.96. The van der Waals surface area contributed by atoms with E-state index in [-0.39, 0.29) is 6.04 Å². The van der Waals surface area contributed by atoms with Gasteiger partial charge in [0.15, 0.2) is 0 Å². The molecule has 1 atom stereocenters. The van der Waals surface area contributed by atoms with Gasteiger partial charge in [-0.3, -0.25) is 0 Å². The number of nitrogens with one attached hydrogen (secondary N) is 1. The van der Waals surface area contributed by atoms with Gasteiger partial charge < -0.3 is 11.1 Å². The van der Waals surface area contributed by atoms with E-state index in [1.807, 2.05) is 6.92 Å². The summed E-state index contributed by atoms with van der Waals surface area (Å²) in [7, 11) is 0. The number of rotatable bonds is 3. The Hall–Kier alpha value is -1.07. The van der Waals surface area contributed by atoms with Crippen LogP contribution in [0.25, 0.3) is 0 Å². The van der Waals surface area contributed by atoms with Crippen LogP contribution in [0.1, 0.15) is 49.8 Å². The molecule has 1 aromatic carbocycles. The van der Waals surface area contributed by atoms with Crippen molar-refractivity contribution < 1.29 is 13.2 Å². The van der Waals surface area contributed by atoms with Crippen molar-refractivity contribution in [2.24, 2.45) is 5.73 Å². The van der Waals surface area contributed by atoms with Crippen LogP contribution in [-0.2, 0) is 6.18 Å². The number of benzene rings is 1. The predicted molar refractivity (Wildman–Crippen MR) is 73.2 cm³/mol. The minimum atomic E-state index is -4.27. The van der Waals surface area contributed by atoms with Crippen molar-refractivity contribution in [3.63, 3.8) is 0 Å². The molecule has 1 unspecified atom stereocenters. The molecule has 0 radical (unpaired) electrons. The van der Waals surface area contributed by atoms with Crippen molar-refractivity contribution in [1.29, 1.82) is 0 Å². The highest BCUT2D eigenvalue weighted by Gasteiger charge is 2.30. The highest BCUT2D eigenvalue weighted by atomic mass is 19.4. The Bertz CT molecular complexity index is 420. The second-order valence-corrected chi connectivity index (χ2v) is 5.62. The Morgan fingerprint density at radius 3 is 2.15 bits per heavy atom. The van der Waals surface area contributed by atoms with Crippen LogP contribution in [0.15, 0.2) is 24.3 Å². The van der Waals surface area contributed by atoms with Gasteiger partial charge in [0.25, 0.3) is 0 Å². The van der Waals surface area contributed by atoms with E-state index in [0.717, 1.165) is 43.4 Å². The van der Waals surface area contributed by atoms with Crippen molar-refractivity contribution in [3.05, 3.63) is 35.4 Å². The molecule has 0 bridgehead atoms. The molecule has 2 rings (SSSR count). The first kappa shape index (κ1) is 15.3. The monoisotopic (exact) mass is 286 g/mol. The second-order valence-electron chi connectivity index (χ2n) is 5.62. The summed E-state index contributed by atoms with van der Waals surface area (Å²) in [5.74, 6) is 0. The van der Waals surface area contributed by atoms with E-state index >= 15 is 0 Å². The summed E-state index contributed by atoms with van der Waals surface area (Å²) in [4.78, 5) is 0. The van der Waals surface area contributed by atoms with Crippen LogP contribution in [0.5, 0.6) is 0 Å². The molecule has 20 heavy (non-hydrogen) atoms. The van der Waals surface area contributed by atoms with Crippen molar-refractivity contribution in [1.82, 2.24) is 5.32 Å². The number of nitrogens with two attached hydrogens (primary N) is 1. The molecule has 5 heteroatoms. The molecule has 1 aliphatic carbocycles. The molecule has 0 aromatic heterocycles. The van der Waals surface area contributed by atoms with Crippen LogP contribution < -0.4 is 11.1 Å². The van der Waals surface area contributed by atoms with Gasteiger partial charge in [0.1, 0.15) is 0 Å². The smallest absolute Gasteiger partial charge is 0.328 e. The molecule has 1 aliphatic rings. The first-order valence-electron chi connectivity index (χ1n) is 7.05. The van der Waals surface area contributed by atoms with Crippen molar-refractivity contribution in [2.45, 2.75) is 56.9 Å². The number of hydrogen-bond donors (Lipinski definition) is 2. The minimum absolute atomic E-state index is 0.0524. The van der Waals surface area contributed by atoms with E-state index in [9.17, 15) is 13.2 Å². The molecule has 0 saturated heterocycles. The van der Waals surface area contributed by atoms with Crippen molar-refractivity contribution >= 4 is 0 Å². The number of hydrogen-bond acceptors (Lipinski definition) is 2. The Morgan fingerprint density at radius 2 is 1.65 bits per heavy atom. The number of halogens is 3. The van der Waals surface area contributed by atoms with Crippen LogP contribution in [-0.4, -0.2) is 12.1 Å². The molecule has 3 N–H and O–H groups in total. The number of alkyl halides is 3. The van der Waals surface area contributed by atoms with Gasteiger partial charge in [-0.25, -0.2) is 0 Å². The Morgan fingerprint density at radius 1 is 1.10 bits per heavy atom. The maximum atomic E-state index is 12.5. The van der Waals surface area contributed by atoms with E-state index in [1.165, 1.54) is 0 Å². The van der Waals surface area contributed by atoms with Crippen LogP contribution in [0.4, 0.5) is 13.2 Å². The normalized spacial score (nSPS) is 25.4. The van der Waals surface area contributed by atoms with Gasteiger partial charge in [-0.2, -0.15) is 13.2 Å². The van der Waals surface area contributed by atoms with Gasteiger partial charge in [-0.15, -0.1) is 0 Å². The van der Waals surface area contributed by atoms with Gasteiger partial charge in [-0.05, 0) is 50.3 Å². The fraction of sp³-hybridized carbons (Fsp3) is 0.600. The van der Waals surface area contributed by atoms with Crippen LogP contribution in [0.3, 0.4) is 0 Å². The van der Waals surface area contributed by atoms with Crippen LogP contribution in [0.2, 0.25) is 0 Å². The average Bonchev–Trinajstić information content (AvgIpc) is 2.40. The van der Waals surface area contributed by atoms with E-state index in [4.69, 9.17) is 5.73 Å². The lowest BCUT2D eigenvalue weighted by Gasteiger charge is -2.29. The molecule has 0 heterocycles.